The van der Waals surface area contributed by atoms with E-state index in [0.717, 1.165) is 13.0 Å². The number of benzene rings is 1. The van der Waals surface area contributed by atoms with Crippen LogP contribution in [-0.4, -0.2) is 19.9 Å². The largest absolute Gasteiger partial charge is 0.369 e. The summed E-state index contributed by atoms with van der Waals surface area (Å²) in [4.78, 5) is 4.09. The highest BCUT2D eigenvalue weighted by Crippen LogP contribution is 2.23. The van der Waals surface area contributed by atoms with E-state index in [2.05, 4.69) is 15.0 Å². The van der Waals surface area contributed by atoms with Crippen LogP contribution in [0.5, 0.6) is 0 Å². The van der Waals surface area contributed by atoms with Crippen LogP contribution in [0.2, 0.25) is 5.02 Å². The molecule has 0 atom stereocenters. The maximum Gasteiger partial charge on any atom is 0.263 e. The number of nitrogens with one attached hydrogen (secondary N) is 2. The SMILES string of the molecule is CCCNc1ncc(S(=O)(=O)Nc2ccccc2)cc1Cl. The van der Waals surface area contributed by atoms with Crippen molar-refractivity contribution in [3.8, 4) is 0 Å². The summed E-state index contributed by atoms with van der Waals surface area (Å²) in [5, 5.41) is 3.31. The molecule has 112 valence electrons. The molecular formula is C14H16ClN3O2S. The normalized spacial score (nSPS) is 11.1. The maximum atomic E-state index is 12.2. The summed E-state index contributed by atoms with van der Waals surface area (Å²) >= 11 is 6.06. The number of halogens is 1. The van der Waals surface area contributed by atoms with Crippen LogP contribution in [0.4, 0.5) is 11.5 Å². The Bertz CT molecular complexity index is 705. The zero-order valence-electron chi connectivity index (χ0n) is 11.5. The van der Waals surface area contributed by atoms with E-state index in [1.807, 2.05) is 13.0 Å². The summed E-state index contributed by atoms with van der Waals surface area (Å²) in [5.41, 5.74) is 0.488. The molecule has 2 rings (SSSR count). The van der Waals surface area contributed by atoms with Crippen molar-refractivity contribution in [3.63, 3.8) is 0 Å². The number of nitrogens with zero attached hydrogens (tertiary/aromatic N) is 1. The van der Waals surface area contributed by atoms with Crippen LogP contribution in [0, 0.1) is 0 Å². The van der Waals surface area contributed by atoms with Crippen LogP contribution in [0.1, 0.15) is 13.3 Å². The second kappa shape index (κ2) is 6.78. The van der Waals surface area contributed by atoms with Crippen LogP contribution in [0.15, 0.2) is 47.5 Å². The maximum absolute atomic E-state index is 12.2. The van der Waals surface area contributed by atoms with E-state index in [1.165, 1.54) is 12.3 Å². The first kappa shape index (κ1) is 15.6. The van der Waals surface area contributed by atoms with E-state index in [1.54, 1.807) is 24.3 Å². The van der Waals surface area contributed by atoms with E-state index in [9.17, 15) is 8.42 Å². The number of aromatic nitrogens is 1. The number of hydrogen-bond acceptors (Lipinski definition) is 4. The number of pyridine rings is 1. The fraction of sp³-hybridized carbons (Fsp3) is 0.214. The highest BCUT2D eigenvalue weighted by Gasteiger charge is 2.16. The Kier molecular flexibility index (Phi) is 5.03. The topological polar surface area (TPSA) is 71.1 Å². The summed E-state index contributed by atoms with van der Waals surface area (Å²) in [6.07, 6.45) is 2.21. The van der Waals surface area contributed by atoms with Gasteiger partial charge in [-0.3, -0.25) is 4.72 Å². The van der Waals surface area contributed by atoms with Crippen molar-refractivity contribution < 1.29 is 8.42 Å². The molecule has 0 spiro atoms. The van der Waals surface area contributed by atoms with Crippen molar-refractivity contribution in [1.82, 2.24) is 4.98 Å². The Hall–Kier alpha value is -1.79. The highest BCUT2D eigenvalue weighted by atomic mass is 35.5. The second-order valence-electron chi connectivity index (χ2n) is 4.40. The van der Waals surface area contributed by atoms with Gasteiger partial charge >= 0.3 is 0 Å². The summed E-state index contributed by atoms with van der Waals surface area (Å²) in [5.74, 6) is 0.483. The minimum Gasteiger partial charge on any atom is -0.369 e. The molecule has 0 saturated heterocycles. The monoisotopic (exact) mass is 325 g/mol. The van der Waals surface area contributed by atoms with Gasteiger partial charge in [-0.1, -0.05) is 36.7 Å². The Morgan fingerprint density at radius 3 is 2.57 bits per heavy atom. The van der Waals surface area contributed by atoms with Crippen molar-refractivity contribution in [2.75, 3.05) is 16.6 Å². The van der Waals surface area contributed by atoms with E-state index >= 15 is 0 Å². The average molecular weight is 326 g/mol. The van der Waals surface area contributed by atoms with Gasteiger partial charge in [0.2, 0.25) is 0 Å². The fourth-order valence-corrected chi connectivity index (χ4v) is 2.99. The summed E-state index contributed by atoms with van der Waals surface area (Å²) in [6, 6.07) is 10.0. The van der Waals surface area contributed by atoms with Gasteiger partial charge in [-0.2, -0.15) is 0 Å². The lowest BCUT2D eigenvalue weighted by Gasteiger charge is -2.10. The van der Waals surface area contributed by atoms with Gasteiger partial charge in [0.25, 0.3) is 10.0 Å². The molecule has 0 radical (unpaired) electrons. The molecule has 0 fully saturated rings. The first-order chi connectivity index (χ1) is 10.0. The molecule has 0 amide bonds. The Balaban J connectivity index is 2.22. The number of anilines is 2. The molecule has 0 aliphatic heterocycles. The predicted molar refractivity (Wildman–Crippen MR) is 85.3 cm³/mol. The smallest absolute Gasteiger partial charge is 0.263 e. The van der Waals surface area contributed by atoms with Crippen molar-refractivity contribution in [2.45, 2.75) is 18.2 Å². The fourth-order valence-electron chi connectivity index (χ4n) is 1.66. The first-order valence-corrected chi connectivity index (χ1v) is 8.36. The third-order valence-electron chi connectivity index (χ3n) is 2.69. The number of rotatable bonds is 6. The number of hydrogen-bond donors (Lipinski definition) is 2. The van der Waals surface area contributed by atoms with Gasteiger partial charge in [0, 0.05) is 18.4 Å². The quantitative estimate of drug-likeness (QED) is 0.854. The summed E-state index contributed by atoms with van der Waals surface area (Å²) < 4.78 is 27.0. The van der Waals surface area contributed by atoms with Gasteiger partial charge in [-0.15, -0.1) is 0 Å². The molecule has 0 bridgehead atoms. The zero-order valence-corrected chi connectivity index (χ0v) is 13.1. The Morgan fingerprint density at radius 2 is 1.95 bits per heavy atom. The summed E-state index contributed by atoms with van der Waals surface area (Å²) in [7, 11) is -3.70. The van der Waals surface area contributed by atoms with Crippen molar-refractivity contribution in [1.29, 1.82) is 0 Å². The van der Waals surface area contributed by atoms with Gasteiger partial charge in [0.05, 0.1) is 5.02 Å². The van der Waals surface area contributed by atoms with Crippen molar-refractivity contribution in [3.05, 3.63) is 47.6 Å². The average Bonchev–Trinajstić information content (AvgIpc) is 2.46. The Morgan fingerprint density at radius 1 is 1.24 bits per heavy atom. The molecule has 5 nitrogen and oxygen atoms in total. The predicted octanol–water partition coefficient (Wildman–Crippen LogP) is 3.36. The van der Waals surface area contributed by atoms with Crippen LogP contribution >= 0.6 is 11.6 Å². The third-order valence-corrected chi connectivity index (χ3v) is 4.33. The molecule has 0 saturated carbocycles. The molecule has 2 aromatic rings. The van der Waals surface area contributed by atoms with Crippen molar-refractivity contribution in [2.24, 2.45) is 0 Å². The molecule has 0 unspecified atom stereocenters. The lowest BCUT2D eigenvalue weighted by molar-refractivity contribution is 0.601. The molecule has 2 N–H and O–H groups in total. The van der Waals surface area contributed by atoms with Crippen LogP contribution < -0.4 is 10.0 Å². The number of sulfonamides is 1. The van der Waals surface area contributed by atoms with Crippen LogP contribution in [0.3, 0.4) is 0 Å². The molecule has 21 heavy (non-hydrogen) atoms. The van der Waals surface area contributed by atoms with Crippen molar-refractivity contribution >= 4 is 33.1 Å². The summed E-state index contributed by atoms with van der Waals surface area (Å²) in [6.45, 7) is 2.74. The lowest BCUT2D eigenvalue weighted by atomic mass is 10.3. The highest BCUT2D eigenvalue weighted by molar-refractivity contribution is 7.92. The Labute approximate surface area is 129 Å². The molecular weight excluding hydrogens is 310 g/mol. The van der Waals surface area contributed by atoms with Gasteiger partial charge in [0.1, 0.15) is 10.7 Å². The molecule has 1 aromatic carbocycles. The van der Waals surface area contributed by atoms with Gasteiger partial charge < -0.3 is 5.32 Å². The number of para-hydroxylation sites is 1. The molecule has 1 aromatic heterocycles. The minimum atomic E-state index is -3.70. The van der Waals surface area contributed by atoms with Gasteiger partial charge in [-0.05, 0) is 24.6 Å². The molecule has 0 aliphatic rings. The van der Waals surface area contributed by atoms with Crippen LogP contribution in [-0.2, 0) is 10.0 Å². The first-order valence-electron chi connectivity index (χ1n) is 6.50. The van der Waals surface area contributed by atoms with E-state index < -0.39 is 10.0 Å². The minimum absolute atomic E-state index is 0.0263. The van der Waals surface area contributed by atoms with Gasteiger partial charge in [0.15, 0.2) is 0 Å². The zero-order chi connectivity index (χ0) is 15.3. The van der Waals surface area contributed by atoms with E-state index in [4.69, 9.17) is 11.6 Å². The molecule has 7 heteroatoms. The molecule has 1 heterocycles. The van der Waals surface area contributed by atoms with E-state index in [0.29, 0.717) is 11.5 Å². The third kappa shape index (κ3) is 4.09. The standard InChI is InChI=1S/C14H16ClN3O2S/c1-2-8-16-14-13(15)9-12(10-17-14)21(19,20)18-11-6-4-3-5-7-11/h3-7,9-10,18H,2,8H2,1H3,(H,16,17). The molecule has 0 aliphatic carbocycles. The van der Waals surface area contributed by atoms with Gasteiger partial charge in [-0.25, -0.2) is 13.4 Å². The van der Waals surface area contributed by atoms with E-state index in [-0.39, 0.29) is 9.92 Å². The van der Waals surface area contributed by atoms with Crippen LogP contribution in [0.25, 0.3) is 0 Å². The second-order valence-corrected chi connectivity index (χ2v) is 6.49. The lowest BCUT2D eigenvalue weighted by Crippen LogP contribution is -2.13.